The molecule has 0 radical (unpaired) electrons. The predicted octanol–water partition coefficient (Wildman–Crippen LogP) is 2.99. The topological polar surface area (TPSA) is 96.7 Å². The van der Waals surface area contributed by atoms with E-state index in [2.05, 4.69) is 31.4 Å². The van der Waals surface area contributed by atoms with Crippen LogP contribution in [0.5, 0.6) is 0 Å². The fourth-order valence-electron chi connectivity index (χ4n) is 2.90. The van der Waals surface area contributed by atoms with E-state index in [4.69, 9.17) is 5.26 Å². The van der Waals surface area contributed by atoms with Crippen LogP contribution in [0.15, 0.2) is 30.9 Å². The van der Waals surface area contributed by atoms with Crippen molar-refractivity contribution in [3.05, 3.63) is 42.1 Å². The molecule has 0 amide bonds. The monoisotopic (exact) mass is 346 g/mol. The van der Waals surface area contributed by atoms with Crippen LogP contribution in [0.1, 0.15) is 18.2 Å². The number of imidazole rings is 1. The second kappa shape index (κ2) is 6.11. The Morgan fingerprint density at radius 2 is 2.15 bits per heavy atom. The summed E-state index contributed by atoms with van der Waals surface area (Å²) in [6, 6.07) is 4.24. The Balaban J connectivity index is 1.73. The molecule has 4 aromatic heterocycles. The van der Waals surface area contributed by atoms with Crippen molar-refractivity contribution >= 4 is 28.3 Å². The molecule has 4 aromatic rings. The lowest BCUT2D eigenvalue weighted by atomic mass is 10.2. The van der Waals surface area contributed by atoms with Crippen molar-refractivity contribution in [1.29, 1.82) is 5.26 Å². The SMILES string of the molecule is Cc1cc2nccn2cc1Nc1ncc2c(C)nn(CC(C)C#N)c2n1. The fraction of sp³-hybridized carbons (Fsp3) is 0.278. The molecule has 1 N–H and O–H groups in total. The van der Waals surface area contributed by atoms with Crippen molar-refractivity contribution < 1.29 is 0 Å². The number of nitrogens with one attached hydrogen (secondary N) is 1. The number of nitriles is 1. The highest BCUT2D eigenvalue weighted by molar-refractivity contribution is 5.78. The fourth-order valence-corrected chi connectivity index (χ4v) is 2.90. The molecule has 8 heteroatoms. The summed E-state index contributed by atoms with van der Waals surface area (Å²) in [5, 5.41) is 17.7. The second-order valence-electron chi connectivity index (χ2n) is 6.42. The molecule has 0 aliphatic rings. The van der Waals surface area contributed by atoms with Crippen LogP contribution in [0.2, 0.25) is 0 Å². The Morgan fingerprint density at radius 3 is 2.96 bits per heavy atom. The van der Waals surface area contributed by atoms with E-state index in [1.165, 1.54) is 0 Å². The Bertz CT molecular complexity index is 1150. The van der Waals surface area contributed by atoms with Gasteiger partial charge in [0.05, 0.1) is 35.3 Å². The van der Waals surface area contributed by atoms with E-state index < -0.39 is 0 Å². The maximum absolute atomic E-state index is 9.08. The van der Waals surface area contributed by atoms with Crippen LogP contribution in [0.3, 0.4) is 0 Å². The van der Waals surface area contributed by atoms with Gasteiger partial charge in [-0.3, -0.25) is 0 Å². The van der Waals surface area contributed by atoms with E-state index in [1.54, 1.807) is 17.1 Å². The zero-order valence-corrected chi connectivity index (χ0v) is 14.8. The van der Waals surface area contributed by atoms with Gasteiger partial charge in [-0.15, -0.1) is 0 Å². The van der Waals surface area contributed by atoms with Gasteiger partial charge in [-0.1, -0.05) is 0 Å². The third kappa shape index (κ3) is 2.73. The van der Waals surface area contributed by atoms with Crippen molar-refractivity contribution in [3.63, 3.8) is 0 Å². The first-order chi connectivity index (χ1) is 12.5. The molecular formula is C18H18N8. The molecule has 4 rings (SSSR count). The van der Waals surface area contributed by atoms with Crippen molar-refractivity contribution in [2.45, 2.75) is 27.3 Å². The number of aromatic nitrogens is 6. The number of hydrogen-bond donors (Lipinski definition) is 1. The molecule has 4 heterocycles. The lowest BCUT2D eigenvalue weighted by Gasteiger charge is -2.09. The predicted molar refractivity (Wildman–Crippen MR) is 98.0 cm³/mol. The summed E-state index contributed by atoms with van der Waals surface area (Å²) in [6.45, 7) is 6.30. The number of pyridine rings is 1. The average molecular weight is 346 g/mol. The smallest absolute Gasteiger partial charge is 0.229 e. The van der Waals surface area contributed by atoms with Crippen molar-refractivity contribution in [2.24, 2.45) is 5.92 Å². The lowest BCUT2D eigenvalue weighted by molar-refractivity contribution is 0.537. The van der Waals surface area contributed by atoms with Crippen LogP contribution in [0, 0.1) is 31.1 Å². The van der Waals surface area contributed by atoms with Gasteiger partial charge in [0.2, 0.25) is 5.95 Å². The quantitative estimate of drug-likeness (QED) is 0.610. The molecule has 0 aliphatic carbocycles. The summed E-state index contributed by atoms with van der Waals surface area (Å²) in [5.74, 6) is 0.348. The van der Waals surface area contributed by atoms with Crippen LogP contribution >= 0.6 is 0 Å². The Labute approximate surface area is 150 Å². The van der Waals surface area contributed by atoms with Gasteiger partial charge in [0, 0.05) is 24.8 Å². The molecule has 1 unspecified atom stereocenters. The van der Waals surface area contributed by atoms with Crippen molar-refractivity contribution in [3.8, 4) is 6.07 Å². The average Bonchev–Trinajstić information content (AvgIpc) is 3.19. The van der Waals surface area contributed by atoms with Crippen LogP contribution < -0.4 is 5.32 Å². The summed E-state index contributed by atoms with van der Waals surface area (Å²) >= 11 is 0. The zero-order valence-electron chi connectivity index (χ0n) is 14.8. The van der Waals surface area contributed by atoms with Gasteiger partial charge < -0.3 is 9.72 Å². The molecule has 26 heavy (non-hydrogen) atoms. The zero-order chi connectivity index (χ0) is 18.3. The number of hydrogen-bond acceptors (Lipinski definition) is 6. The van der Waals surface area contributed by atoms with Gasteiger partial charge in [-0.2, -0.15) is 15.3 Å². The highest BCUT2D eigenvalue weighted by atomic mass is 15.3. The third-order valence-corrected chi connectivity index (χ3v) is 4.32. The second-order valence-corrected chi connectivity index (χ2v) is 6.42. The Hall–Kier alpha value is -3.47. The molecule has 0 saturated carbocycles. The number of nitrogens with zero attached hydrogens (tertiary/aromatic N) is 7. The van der Waals surface area contributed by atoms with E-state index >= 15 is 0 Å². The molecule has 8 nitrogen and oxygen atoms in total. The number of rotatable bonds is 4. The summed E-state index contributed by atoms with van der Waals surface area (Å²) < 4.78 is 3.72. The first-order valence-corrected chi connectivity index (χ1v) is 8.35. The first kappa shape index (κ1) is 16.0. The minimum Gasteiger partial charge on any atom is -0.323 e. The lowest BCUT2D eigenvalue weighted by Crippen LogP contribution is -2.09. The van der Waals surface area contributed by atoms with Gasteiger partial charge in [-0.25, -0.2) is 14.6 Å². The van der Waals surface area contributed by atoms with E-state index in [-0.39, 0.29) is 5.92 Å². The standard InChI is InChI=1S/C18H18N8/c1-11(7-19)9-26-17-14(13(3)24-26)8-21-18(23-17)22-15-10-25-5-4-20-16(25)6-12(15)2/h4-6,8,10-11H,9H2,1-3H3,(H,21,22,23). The van der Waals surface area contributed by atoms with Gasteiger partial charge in [0.15, 0.2) is 5.65 Å². The summed E-state index contributed by atoms with van der Waals surface area (Å²) in [5.41, 5.74) is 4.43. The van der Waals surface area contributed by atoms with Gasteiger partial charge in [-0.05, 0) is 32.4 Å². The first-order valence-electron chi connectivity index (χ1n) is 8.35. The molecular weight excluding hydrogens is 328 g/mol. The van der Waals surface area contributed by atoms with Crippen molar-refractivity contribution in [1.82, 2.24) is 29.1 Å². The minimum atomic E-state index is -0.144. The molecule has 1 atom stereocenters. The van der Waals surface area contributed by atoms with E-state index in [9.17, 15) is 0 Å². The van der Waals surface area contributed by atoms with Gasteiger partial charge >= 0.3 is 0 Å². The maximum atomic E-state index is 9.08. The Morgan fingerprint density at radius 1 is 1.31 bits per heavy atom. The van der Waals surface area contributed by atoms with Crippen molar-refractivity contribution in [2.75, 3.05) is 5.32 Å². The third-order valence-electron chi connectivity index (χ3n) is 4.32. The molecule has 0 aromatic carbocycles. The van der Waals surface area contributed by atoms with Gasteiger partial charge in [0.1, 0.15) is 5.65 Å². The van der Waals surface area contributed by atoms with Crippen LogP contribution in [-0.2, 0) is 6.54 Å². The molecule has 0 aliphatic heterocycles. The molecule has 0 spiro atoms. The van der Waals surface area contributed by atoms with E-state index in [0.717, 1.165) is 33.6 Å². The molecule has 0 fully saturated rings. The Kier molecular flexibility index (Phi) is 3.77. The maximum Gasteiger partial charge on any atom is 0.229 e. The summed E-state index contributed by atoms with van der Waals surface area (Å²) in [7, 11) is 0. The summed E-state index contributed by atoms with van der Waals surface area (Å²) in [4.78, 5) is 13.3. The van der Waals surface area contributed by atoms with Gasteiger partial charge in [0.25, 0.3) is 0 Å². The number of aryl methyl sites for hydroxylation is 2. The highest BCUT2D eigenvalue weighted by Crippen LogP contribution is 2.22. The van der Waals surface area contributed by atoms with E-state index in [1.807, 2.05) is 43.6 Å². The van der Waals surface area contributed by atoms with Crippen LogP contribution in [0.25, 0.3) is 16.7 Å². The molecule has 0 saturated heterocycles. The highest BCUT2D eigenvalue weighted by Gasteiger charge is 2.13. The largest absolute Gasteiger partial charge is 0.323 e. The molecule has 0 bridgehead atoms. The minimum absolute atomic E-state index is 0.144. The normalized spacial score (nSPS) is 12.4. The van der Waals surface area contributed by atoms with Crippen LogP contribution in [0.4, 0.5) is 11.6 Å². The van der Waals surface area contributed by atoms with Crippen LogP contribution in [-0.4, -0.2) is 29.1 Å². The molecule has 130 valence electrons. The van der Waals surface area contributed by atoms with E-state index in [0.29, 0.717) is 12.5 Å². The number of anilines is 2. The summed E-state index contributed by atoms with van der Waals surface area (Å²) in [6.07, 6.45) is 7.39. The number of fused-ring (bicyclic) bond motifs is 2.